The molecule has 8 heavy (non-hydrogen) atoms. The Labute approximate surface area is 50.9 Å². The number of nitrogens with two attached hydrogens (primary N) is 1. The third-order valence-corrected chi connectivity index (χ3v) is 1.56. The maximum absolute atomic E-state index is 9.97. The van der Waals surface area contributed by atoms with E-state index in [0.717, 1.165) is 6.29 Å². The smallest absolute Gasteiger partial charge is 0.150 e. The average molecular weight is 127 g/mol. The van der Waals surface area contributed by atoms with E-state index in [1.807, 2.05) is 0 Å². The molecule has 0 amide bonds. The van der Waals surface area contributed by atoms with Gasteiger partial charge >= 0.3 is 0 Å². The number of hydrogen-bond donors (Lipinski definition) is 1. The van der Waals surface area contributed by atoms with Gasteiger partial charge in [-0.2, -0.15) is 0 Å². The predicted octanol–water partition coefficient (Wildman–Crippen LogP) is 1.14. The summed E-state index contributed by atoms with van der Waals surface area (Å²) in [4.78, 5) is 9.97. The van der Waals surface area contributed by atoms with Crippen LogP contribution >= 0.6 is 11.3 Å². The molecule has 0 saturated heterocycles. The van der Waals surface area contributed by atoms with Gasteiger partial charge in [0, 0.05) is 10.9 Å². The van der Waals surface area contributed by atoms with Crippen LogP contribution < -0.4 is 5.73 Å². The molecular formula is C5H5NOS. The number of hydrogen-bond acceptors (Lipinski definition) is 3. The maximum Gasteiger partial charge on any atom is 0.150 e. The summed E-state index contributed by atoms with van der Waals surface area (Å²) in [5.41, 5.74) is 5.97. The standard InChI is InChI=1S/C5H5NOS/c6-5-1-4(2-7)3-8-5/h1-3H,6H2. The van der Waals surface area contributed by atoms with Crippen LogP contribution in [0.2, 0.25) is 0 Å². The Morgan fingerprint density at radius 1 is 1.75 bits per heavy atom. The molecule has 1 rings (SSSR count). The molecule has 0 saturated carbocycles. The van der Waals surface area contributed by atoms with E-state index in [9.17, 15) is 4.79 Å². The van der Waals surface area contributed by atoms with E-state index < -0.39 is 0 Å². The fourth-order valence-corrected chi connectivity index (χ4v) is 1.03. The van der Waals surface area contributed by atoms with Gasteiger partial charge in [0.25, 0.3) is 0 Å². The first-order valence-electron chi connectivity index (χ1n) is 2.12. The molecule has 0 unspecified atom stereocenters. The summed E-state index contributed by atoms with van der Waals surface area (Å²) in [6.07, 6.45) is 0.785. The molecule has 0 spiro atoms. The van der Waals surface area contributed by atoms with Crippen LogP contribution in [0.5, 0.6) is 0 Å². The lowest BCUT2D eigenvalue weighted by molar-refractivity contribution is 0.112. The summed E-state index contributed by atoms with van der Waals surface area (Å²) >= 11 is 1.38. The van der Waals surface area contributed by atoms with E-state index >= 15 is 0 Å². The van der Waals surface area contributed by atoms with Crippen molar-refractivity contribution in [2.75, 3.05) is 5.73 Å². The number of nitrogen functional groups attached to an aromatic ring is 1. The van der Waals surface area contributed by atoms with E-state index in [-0.39, 0.29) is 0 Å². The normalized spacial score (nSPS) is 9.00. The van der Waals surface area contributed by atoms with Gasteiger partial charge in [-0.15, -0.1) is 11.3 Å². The molecule has 0 atom stereocenters. The van der Waals surface area contributed by atoms with Gasteiger partial charge in [-0.3, -0.25) is 4.79 Å². The Morgan fingerprint density at radius 3 is 2.75 bits per heavy atom. The third-order valence-electron chi connectivity index (χ3n) is 0.776. The zero-order valence-electron chi connectivity index (χ0n) is 4.13. The number of rotatable bonds is 1. The Bertz CT molecular complexity index is 194. The molecule has 0 aliphatic carbocycles. The molecule has 42 valence electrons. The summed E-state index contributed by atoms with van der Waals surface area (Å²) in [7, 11) is 0. The van der Waals surface area contributed by atoms with Crippen LogP contribution in [-0.2, 0) is 0 Å². The molecule has 2 N–H and O–H groups in total. The van der Waals surface area contributed by atoms with Crippen LogP contribution in [0, 0.1) is 0 Å². The van der Waals surface area contributed by atoms with E-state index in [1.54, 1.807) is 11.4 Å². The minimum absolute atomic E-state index is 0.660. The molecule has 1 heterocycles. The highest BCUT2D eigenvalue weighted by molar-refractivity contribution is 7.14. The minimum Gasteiger partial charge on any atom is -0.391 e. The fraction of sp³-hybridized carbons (Fsp3) is 0. The first kappa shape index (κ1) is 5.31. The van der Waals surface area contributed by atoms with Gasteiger partial charge in [-0.05, 0) is 6.07 Å². The van der Waals surface area contributed by atoms with Crippen LogP contribution in [0.15, 0.2) is 11.4 Å². The molecule has 3 heteroatoms. The lowest BCUT2D eigenvalue weighted by Crippen LogP contribution is -1.75. The van der Waals surface area contributed by atoms with Gasteiger partial charge in [-0.25, -0.2) is 0 Å². The molecule has 2 nitrogen and oxygen atoms in total. The van der Waals surface area contributed by atoms with E-state index in [1.165, 1.54) is 11.3 Å². The topological polar surface area (TPSA) is 43.1 Å². The minimum atomic E-state index is 0.660. The van der Waals surface area contributed by atoms with Crippen molar-refractivity contribution >= 4 is 22.6 Å². The highest BCUT2D eigenvalue weighted by Crippen LogP contribution is 2.13. The molecule has 1 aromatic heterocycles. The van der Waals surface area contributed by atoms with Gasteiger partial charge < -0.3 is 5.73 Å². The van der Waals surface area contributed by atoms with Crippen LogP contribution in [0.4, 0.5) is 5.00 Å². The lowest BCUT2D eigenvalue weighted by atomic mass is 10.4. The molecule has 0 aromatic carbocycles. The summed E-state index contributed by atoms with van der Waals surface area (Å²) in [6, 6.07) is 1.65. The molecular weight excluding hydrogens is 122 g/mol. The van der Waals surface area contributed by atoms with Crippen LogP contribution in [-0.4, -0.2) is 6.29 Å². The molecule has 0 fully saturated rings. The molecule has 0 radical (unpaired) electrons. The second-order valence-electron chi connectivity index (χ2n) is 1.40. The molecule has 0 bridgehead atoms. The van der Waals surface area contributed by atoms with Crippen LogP contribution in [0.1, 0.15) is 10.4 Å². The van der Waals surface area contributed by atoms with Crippen molar-refractivity contribution in [3.05, 3.63) is 17.0 Å². The summed E-state index contributed by atoms with van der Waals surface area (Å²) in [5.74, 6) is 0. The van der Waals surface area contributed by atoms with Gasteiger partial charge in [-0.1, -0.05) is 0 Å². The number of anilines is 1. The Kier molecular flexibility index (Phi) is 1.30. The van der Waals surface area contributed by atoms with Crippen molar-refractivity contribution in [2.24, 2.45) is 0 Å². The Balaban J connectivity index is 3.00. The predicted molar refractivity (Wildman–Crippen MR) is 34.1 cm³/mol. The SMILES string of the molecule is Nc1cc(C=O)cs1. The Morgan fingerprint density at radius 2 is 2.50 bits per heavy atom. The van der Waals surface area contributed by atoms with Crippen LogP contribution in [0.25, 0.3) is 0 Å². The van der Waals surface area contributed by atoms with E-state index in [0.29, 0.717) is 10.6 Å². The van der Waals surface area contributed by atoms with Crippen molar-refractivity contribution in [2.45, 2.75) is 0 Å². The highest BCUT2D eigenvalue weighted by atomic mass is 32.1. The largest absolute Gasteiger partial charge is 0.391 e. The highest BCUT2D eigenvalue weighted by Gasteiger charge is 1.90. The van der Waals surface area contributed by atoms with Crippen molar-refractivity contribution in [1.29, 1.82) is 0 Å². The first-order valence-corrected chi connectivity index (χ1v) is 3.00. The monoisotopic (exact) mass is 127 g/mol. The quantitative estimate of drug-likeness (QED) is 0.575. The second kappa shape index (κ2) is 1.96. The Hall–Kier alpha value is -0.830. The first-order chi connectivity index (χ1) is 3.83. The number of carbonyl (C=O) groups is 1. The van der Waals surface area contributed by atoms with Crippen molar-refractivity contribution < 1.29 is 4.79 Å². The van der Waals surface area contributed by atoms with E-state index in [2.05, 4.69) is 0 Å². The lowest BCUT2D eigenvalue weighted by Gasteiger charge is -1.71. The maximum atomic E-state index is 9.97. The number of aldehydes is 1. The van der Waals surface area contributed by atoms with Gasteiger partial charge in [0.15, 0.2) is 6.29 Å². The average Bonchev–Trinajstić information content (AvgIpc) is 2.14. The van der Waals surface area contributed by atoms with Crippen LogP contribution in [0.3, 0.4) is 0 Å². The zero-order chi connectivity index (χ0) is 5.98. The second-order valence-corrected chi connectivity index (χ2v) is 2.34. The third kappa shape index (κ3) is 0.869. The molecule has 1 aromatic rings. The summed E-state index contributed by atoms with van der Waals surface area (Å²) in [6.45, 7) is 0. The van der Waals surface area contributed by atoms with Crippen molar-refractivity contribution in [3.8, 4) is 0 Å². The summed E-state index contributed by atoms with van der Waals surface area (Å²) < 4.78 is 0. The van der Waals surface area contributed by atoms with Crippen molar-refractivity contribution in [1.82, 2.24) is 0 Å². The molecule has 0 aliphatic heterocycles. The van der Waals surface area contributed by atoms with Gasteiger partial charge in [0.2, 0.25) is 0 Å². The number of carbonyl (C=O) groups excluding carboxylic acids is 1. The van der Waals surface area contributed by atoms with Gasteiger partial charge in [0.05, 0.1) is 5.00 Å². The fourth-order valence-electron chi connectivity index (χ4n) is 0.430. The zero-order valence-corrected chi connectivity index (χ0v) is 4.94. The van der Waals surface area contributed by atoms with Crippen molar-refractivity contribution in [3.63, 3.8) is 0 Å². The summed E-state index contributed by atoms with van der Waals surface area (Å²) in [5, 5.41) is 2.41. The molecule has 0 aliphatic rings. The number of thiophene rings is 1. The van der Waals surface area contributed by atoms with Gasteiger partial charge in [0.1, 0.15) is 0 Å². The van der Waals surface area contributed by atoms with E-state index in [4.69, 9.17) is 5.73 Å².